The topological polar surface area (TPSA) is 63.6 Å². The predicted molar refractivity (Wildman–Crippen MR) is 86.6 cm³/mol. The van der Waals surface area contributed by atoms with Crippen LogP contribution < -0.4 is 0 Å². The van der Waals surface area contributed by atoms with E-state index < -0.39 is 17.8 Å². The summed E-state index contributed by atoms with van der Waals surface area (Å²) in [7, 11) is 0. The molecule has 0 aromatic heterocycles. The van der Waals surface area contributed by atoms with Gasteiger partial charge in [-0.1, -0.05) is 52.4 Å². The Morgan fingerprint density at radius 1 is 1.18 bits per heavy atom. The number of carboxylic acid groups (broad SMARTS) is 1. The molecule has 0 radical (unpaired) electrons. The van der Waals surface area contributed by atoms with Crippen molar-refractivity contribution in [2.24, 2.45) is 17.8 Å². The molecule has 4 atom stereocenters. The van der Waals surface area contributed by atoms with Crippen molar-refractivity contribution in [2.45, 2.75) is 84.7 Å². The Morgan fingerprint density at radius 2 is 1.82 bits per heavy atom. The number of esters is 1. The minimum atomic E-state index is -0.858. The van der Waals surface area contributed by atoms with Crippen molar-refractivity contribution >= 4 is 11.9 Å². The van der Waals surface area contributed by atoms with Crippen LogP contribution in [0.1, 0.15) is 78.6 Å². The second-order valence-electron chi connectivity index (χ2n) is 6.74. The van der Waals surface area contributed by atoms with E-state index in [0.717, 1.165) is 25.7 Å². The smallest absolute Gasteiger partial charge is 0.310 e. The highest BCUT2D eigenvalue weighted by atomic mass is 16.5. The first-order valence-electron chi connectivity index (χ1n) is 8.92. The van der Waals surface area contributed by atoms with Crippen LogP contribution in [0.15, 0.2) is 0 Å². The molecule has 0 aliphatic heterocycles. The molecule has 1 aliphatic carbocycles. The van der Waals surface area contributed by atoms with Crippen molar-refractivity contribution in [3.8, 4) is 0 Å². The van der Waals surface area contributed by atoms with Crippen molar-refractivity contribution in [3.05, 3.63) is 0 Å². The molecule has 22 heavy (non-hydrogen) atoms. The molecular weight excluding hydrogens is 280 g/mol. The molecule has 1 saturated carbocycles. The summed E-state index contributed by atoms with van der Waals surface area (Å²) in [5, 5.41) is 9.26. The van der Waals surface area contributed by atoms with Gasteiger partial charge in [0.2, 0.25) is 0 Å². The normalized spacial score (nSPS) is 24.5. The van der Waals surface area contributed by atoms with Gasteiger partial charge in [-0.15, -0.1) is 0 Å². The monoisotopic (exact) mass is 312 g/mol. The predicted octanol–water partition coefficient (Wildman–Crippen LogP) is 4.42. The lowest BCUT2D eigenvalue weighted by Crippen LogP contribution is -2.35. The molecule has 0 aromatic rings. The number of hydrogen-bond donors (Lipinski definition) is 1. The fraction of sp³-hybridized carbons (Fsp3) is 0.889. The number of carbonyl (C=O) groups excluding carboxylic acids is 1. The lowest BCUT2D eigenvalue weighted by Gasteiger charge is -2.28. The van der Waals surface area contributed by atoms with Crippen LogP contribution in [-0.2, 0) is 14.3 Å². The van der Waals surface area contributed by atoms with Crippen LogP contribution in [0.4, 0.5) is 0 Å². The molecule has 0 amide bonds. The van der Waals surface area contributed by atoms with E-state index in [4.69, 9.17) is 4.74 Å². The number of hydrogen-bond acceptors (Lipinski definition) is 3. The molecule has 1 aliphatic rings. The number of unbranched alkanes of at least 4 members (excludes halogenated alkanes) is 1. The summed E-state index contributed by atoms with van der Waals surface area (Å²) in [5.74, 6) is -1.59. The van der Waals surface area contributed by atoms with Crippen molar-refractivity contribution in [3.63, 3.8) is 0 Å². The third kappa shape index (κ3) is 5.98. The van der Waals surface area contributed by atoms with Gasteiger partial charge in [-0.3, -0.25) is 9.59 Å². The Morgan fingerprint density at radius 3 is 2.36 bits per heavy atom. The second kappa shape index (κ2) is 9.86. The SMILES string of the molecule is CCCCC(CC)CC(C)OC(=O)C1CCCCC1C(=O)O. The highest BCUT2D eigenvalue weighted by Gasteiger charge is 2.37. The number of carboxylic acids is 1. The van der Waals surface area contributed by atoms with Gasteiger partial charge < -0.3 is 9.84 Å². The third-order valence-electron chi connectivity index (χ3n) is 4.91. The Balaban J connectivity index is 2.49. The molecule has 0 spiro atoms. The maximum Gasteiger partial charge on any atom is 0.310 e. The van der Waals surface area contributed by atoms with Gasteiger partial charge in [0.15, 0.2) is 0 Å². The fourth-order valence-corrected chi connectivity index (χ4v) is 3.49. The molecule has 1 N–H and O–H groups in total. The summed E-state index contributed by atoms with van der Waals surface area (Å²) in [6.45, 7) is 6.30. The van der Waals surface area contributed by atoms with Gasteiger partial charge in [0, 0.05) is 0 Å². The highest BCUT2D eigenvalue weighted by Crippen LogP contribution is 2.32. The van der Waals surface area contributed by atoms with E-state index >= 15 is 0 Å². The maximum atomic E-state index is 12.3. The van der Waals surface area contributed by atoms with Gasteiger partial charge in [-0.25, -0.2) is 0 Å². The van der Waals surface area contributed by atoms with Crippen LogP contribution in [0.25, 0.3) is 0 Å². The minimum Gasteiger partial charge on any atom is -0.481 e. The summed E-state index contributed by atoms with van der Waals surface area (Å²) in [4.78, 5) is 23.6. The zero-order chi connectivity index (χ0) is 16.5. The number of ether oxygens (including phenoxy) is 1. The molecule has 4 unspecified atom stereocenters. The van der Waals surface area contributed by atoms with Crippen LogP contribution in [0.5, 0.6) is 0 Å². The van der Waals surface area contributed by atoms with Gasteiger partial charge in [-0.2, -0.15) is 0 Å². The molecule has 0 bridgehead atoms. The second-order valence-corrected chi connectivity index (χ2v) is 6.74. The van der Waals surface area contributed by atoms with Crippen molar-refractivity contribution in [1.82, 2.24) is 0 Å². The zero-order valence-electron chi connectivity index (χ0n) is 14.3. The highest BCUT2D eigenvalue weighted by molar-refractivity contribution is 5.81. The summed E-state index contributed by atoms with van der Waals surface area (Å²) >= 11 is 0. The Labute approximate surface area is 134 Å². The van der Waals surface area contributed by atoms with Crippen molar-refractivity contribution in [1.29, 1.82) is 0 Å². The van der Waals surface area contributed by atoms with E-state index in [9.17, 15) is 14.7 Å². The number of rotatable bonds is 9. The zero-order valence-corrected chi connectivity index (χ0v) is 14.3. The first-order valence-corrected chi connectivity index (χ1v) is 8.92. The van der Waals surface area contributed by atoms with E-state index in [0.29, 0.717) is 18.8 Å². The van der Waals surface area contributed by atoms with E-state index in [2.05, 4.69) is 13.8 Å². The van der Waals surface area contributed by atoms with Crippen LogP contribution >= 0.6 is 0 Å². The van der Waals surface area contributed by atoms with E-state index in [-0.39, 0.29) is 12.1 Å². The van der Waals surface area contributed by atoms with Gasteiger partial charge in [-0.05, 0) is 32.1 Å². The van der Waals surface area contributed by atoms with Gasteiger partial charge in [0.05, 0.1) is 17.9 Å². The van der Waals surface area contributed by atoms with Crippen LogP contribution in [0, 0.1) is 17.8 Å². The quantitative estimate of drug-likeness (QED) is 0.640. The van der Waals surface area contributed by atoms with Crippen molar-refractivity contribution in [2.75, 3.05) is 0 Å². The average Bonchev–Trinajstić information content (AvgIpc) is 2.51. The van der Waals surface area contributed by atoms with E-state index in [1.54, 1.807) is 0 Å². The molecule has 128 valence electrons. The molecule has 0 heterocycles. The largest absolute Gasteiger partial charge is 0.481 e. The van der Waals surface area contributed by atoms with Crippen LogP contribution in [0.2, 0.25) is 0 Å². The molecule has 0 aromatic carbocycles. The Bertz CT molecular complexity index is 353. The average molecular weight is 312 g/mol. The lowest BCUT2D eigenvalue weighted by atomic mass is 9.79. The van der Waals surface area contributed by atoms with E-state index in [1.165, 1.54) is 19.3 Å². The van der Waals surface area contributed by atoms with Gasteiger partial charge in [0.1, 0.15) is 0 Å². The minimum absolute atomic E-state index is 0.120. The lowest BCUT2D eigenvalue weighted by molar-refractivity contribution is -0.163. The number of carbonyl (C=O) groups is 2. The molecule has 1 rings (SSSR count). The third-order valence-corrected chi connectivity index (χ3v) is 4.91. The Hall–Kier alpha value is -1.06. The summed E-state index contributed by atoms with van der Waals surface area (Å²) < 4.78 is 5.58. The molecular formula is C18H32O4. The molecule has 0 saturated heterocycles. The Kier molecular flexibility index (Phi) is 8.51. The summed E-state index contributed by atoms with van der Waals surface area (Å²) in [6.07, 6.45) is 8.50. The fourth-order valence-electron chi connectivity index (χ4n) is 3.49. The van der Waals surface area contributed by atoms with E-state index in [1.807, 2.05) is 6.92 Å². The van der Waals surface area contributed by atoms with Crippen LogP contribution in [0.3, 0.4) is 0 Å². The molecule has 1 fully saturated rings. The first kappa shape index (κ1) is 19.0. The molecule has 4 heteroatoms. The first-order chi connectivity index (χ1) is 10.5. The van der Waals surface area contributed by atoms with Gasteiger partial charge in [0.25, 0.3) is 0 Å². The summed E-state index contributed by atoms with van der Waals surface area (Å²) in [6, 6.07) is 0. The van der Waals surface area contributed by atoms with Crippen LogP contribution in [-0.4, -0.2) is 23.1 Å². The van der Waals surface area contributed by atoms with Crippen molar-refractivity contribution < 1.29 is 19.4 Å². The standard InChI is InChI=1S/C18H32O4/c1-4-6-9-14(5-2)12-13(3)22-18(21)16-11-8-7-10-15(16)17(19)20/h13-16H,4-12H2,1-3H3,(H,19,20). The summed E-state index contributed by atoms with van der Waals surface area (Å²) in [5.41, 5.74) is 0. The van der Waals surface area contributed by atoms with Gasteiger partial charge >= 0.3 is 11.9 Å². The molecule has 4 nitrogen and oxygen atoms in total. The maximum absolute atomic E-state index is 12.3. The number of aliphatic carboxylic acids is 1.